The summed E-state index contributed by atoms with van der Waals surface area (Å²) in [6, 6.07) is 5.45. The summed E-state index contributed by atoms with van der Waals surface area (Å²) < 4.78 is 18.9. The summed E-state index contributed by atoms with van der Waals surface area (Å²) in [4.78, 5) is 15.4. The molecule has 1 unspecified atom stereocenters. The molecule has 2 N–H and O–H groups in total. The summed E-state index contributed by atoms with van der Waals surface area (Å²) in [6.45, 7) is 3.77. The lowest BCUT2D eigenvalue weighted by molar-refractivity contribution is 0.0703. The molecule has 0 aliphatic carbocycles. The molecule has 22 heavy (non-hydrogen) atoms. The van der Waals surface area contributed by atoms with Crippen molar-refractivity contribution in [1.29, 1.82) is 0 Å². The zero-order chi connectivity index (χ0) is 16.5. The van der Waals surface area contributed by atoms with Crippen molar-refractivity contribution in [2.75, 3.05) is 12.2 Å². The summed E-state index contributed by atoms with van der Waals surface area (Å²) in [5.41, 5.74) is 1.85. The lowest BCUT2D eigenvalue weighted by Crippen LogP contribution is -2.17. The molecule has 1 atom stereocenters. The molecule has 0 saturated heterocycles. The van der Waals surface area contributed by atoms with E-state index in [1.54, 1.807) is 6.07 Å². The van der Waals surface area contributed by atoms with E-state index < -0.39 is 13.5 Å². The van der Waals surface area contributed by atoms with Gasteiger partial charge < -0.3 is 9.63 Å². The van der Waals surface area contributed by atoms with Crippen molar-refractivity contribution < 1.29 is 19.0 Å². The number of halogens is 1. The normalized spacial score (nSPS) is 13.6. The maximum Gasteiger partial charge on any atom is 0.349 e. The third kappa shape index (κ3) is 3.51. The molecule has 0 aliphatic heterocycles. The predicted molar refractivity (Wildman–Crippen MR) is 95.6 cm³/mol. The van der Waals surface area contributed by atoms with Crippen LogP contribution in [0.4, 0.5) is 5.82 Å². The van der Waals surface area contributed by atoms with Gasteiger partial charge in [-0.25, -0.2) is 9.78 Å². The molecule has 0 spiro atoms. The molecule has 0 radical (unpaired) electrons. The summed E-state index contributed by atoms with van der Waals surface area (Å²) in [7, 11) is -2.13. The van der Waals surface area contributed by atoms with Crippen molar-refractivity contribution >= 4 is 58.5 Å². The average Bonchev–Trinajstić information content (AvgIpc) is 2.79. The molecule has 1 aromatic carbocycles. The molecule has 0 amide bonds. The summed E-state index contributed by atoms with van der Waals surface area (Å²) in [5, 5.41) is 12.4. The lowest BCUT2D eigenvalue weighted by atomic mass is 10.2. The van der Waals surface area contributed by atoms with Gasteiger partial charge in [-0.3, -0.25) is 9.65 Å². The van der Waals surface area contributed by atoms with Gasteiger partial charge in [-0.05, 0) is 48.1 Å². The third-order valence-electron chi connectivity index (χ3n) is 2.97. The molecule has 2 aromatic rings. The van der Waals surface area contributed by atoms with E-state index in [2.05, 4.69) is 10.1 Å². The first kappa shape index (κ1) is 17.4. The topological polar surface area (TPSA) is 88.5 Å². The minimum Gasteiger partial charge on any atom is -0.477 e. The molecule has 9 heteroatoms. The number of benzene rings is 1. The number of rotatable bonds is 5. The van der Waals surface area contributed by atoms with Crippen LogP contribution in [0.5, 0.6) is 0 Å². The number of nitrogens with zero attached hydrogens (tertiary/aromatic N) is 1. The van der Waals surface area contributed by atoms with E-state index in [9.17, 15) is 14.5 Å². The highest BCUT2D eigenvalue weighted by Gasteiger charge is 2.30. The molecule has 0 bridgehead atoms. The van der Waals surface area contributed by atoms with Crippen LogP contribution >= 0.6 is 41.4 Å². The number of hydrogen-bond donors (Lipinski definition) is 2. The zero-order valence-electron chi connectivity index (χ0n) is 12.1. The molecule has 1 heterocycles. The molecule has 2 rings (SSSR count). The Morgan fingerprint density at radius 1 is 1.45 bits per heavy atom. The van der Waals surface area contributed by atoms with Crippen molar-refractivity contribution in [2.45, 2.75) is 13.8 Å². The Balaban J connectivity index is 2.48. The fourth-order valence-corrected chi connectivity index (χ4v) is 5.21. The quantitative estimate of drug-likeness (QED) is 0.532. The van der Waals surface area contributed by atoms with Gasteiger partial charge >= 0.3 is 13.5 Å². The number of carbonyl (C=O) groups is 1. The monoisotopic (exact) mass is 452 g/mol. The van der Waals surface area contributed by atoms with Crippen LogP contribution in [0.3, 0.4) is 0 Å². The Morgan fingerprint density at radius 2 is 2.14 bits per heavy atom. The van der Waals surface area contributed by atoms with Crippen LogP contribution in [0.15, 0.2) is 18.2 Å². The Labute approximate surface area is 145 Å². The van der Waals surface area contributed by atoms with Crippen LogP contribution in [-0.4, -0.2) is 23.2 Å². The largest absolute Gasteiger partial charge is 0.477 e. The van der Waals surface area contributed by atoms with Crippen molar-refractivity contribution in [3.05, 3.63) is 37.2 Å². The number of carboxylic acid groups (broad SMARTS) is 1. The highest BCUT2D eigenvalue weighted by Crippen LogP contribution is 2.46. The molecule has 0 saturated carbocycles. The number of aromatic carboxylic acids is 1. The Morgan fingerprint density at radius 3 is 2.68 bits per heavy atom. The van der Waals surface area contributed by atoms with Gasteiger partial charge in [0.1, 0.15) is 0 Å². The van der Waals surface area contributed by atoms with Crippen LogP contribution in [-0.2, 0) is 9.09 Å². The van der Waals surface area contributed by atoms with Gasteiger partial charge in [-0.2, -0.15) is 0 Å². The van der Waals surface area contributed by atoms with Crippen molar-refractivity contribution in [2.24, 2.45) is 0 Å². The second-order valence-corrected chi connectivity index (χ2v) is 9.51. The number of aromatic nitrogens is 1. The third-order valence-corrected chi connectivity index (χ3v) is 6.87. The van der Waals surface area contributed by atoms with E-state index in [1.807, 2.05) is 48.6 Å². The zero-order valence-corrected chi connectivity index (χ0v) is 16.0. The first-order chi connectivity index (χ1) is 10.3. The van der Waals surface area contributed by atoms with Gasteiger partial charge in [-0.1, -0.05) is 29.0 Å². The van der Waals surface area contributed by atoms with Crippen LogP contribution in [0, 0.1) is 16.9 Å². The maximum atomic E-state index is 13.1. The fraction of sp³-hybridized carbons (Fsp3) is 0.231. The van der Waals surface area contributed by atoms with Gasteiger partial charge in [0.2, 0.25) is 0 Å². The van der Waals surface area contributed by atoms with E-state index in [0.717, 1.165) is 22.5 Å². The molecule has 1 aromatic heterocycles. The average molecular weight is 452 g/mol. The number of carboxylic acids is 1. The summed E-state index contributed by atoms with van der Waals surface area (Å²) in [5.74, 6) is -1.06. The number of hydrogen-bond acceptors (Lipinski definition) is 5. The van der Waals surface area contributed by atoms with Crippen molar-refractivity contribution in [3.8, 4) is 0 Å². The van der Waals surface area contributed by atoms with Crippen LogP contribution < -0.4 is 10.4 Å². The minimum absolute atomic E-state index is 0.00596. The number of anilines is 1. The SMILES string of the molecule is COP(=O)(Nc1nc(I)sc1C(=O)O)c1ccc(C)cc1C. The number of thiazole rings is 1. The molecule has 118 valence electrons. The first-order valence-corrected chi connectivity index (χ1v) is 9.70. The fourth-order valence-electron chi connectivity index (χ4n) is 1.99. The minimum atomic E-state index is -3.46. The second-order valence-electron chi connectivity index (χ2n) is 4.59. The van der Waals surface area contributed by atoms with E-state index in [0.29, 0.717) is 8.32 Å². The Bertz CT molecular complexity index is 777. The van der Waals surface area contributed by atoms with E-state index >= 15 is 0 Å². The number of aryl methyl sites for hydroxylation is 2. The highest BCUT2D eigenvalue weighted by molar-refractivity contribution is 14.1. The molecular formula is C13H14IN2O4PS. The Hall–Kier alpha value is -0.960. The van der Waals surface area contributed by atoms with Gasteiger partial charge in [0.25, 0.3) is 0 Å². The molecule has 0 aliphatic rings. The molecular weight excluding hydrogens is 438 g/mol. The first-order valence-electron chi connectivity index (χ1n) is 6.18. The standard InChI is InChI=1S/C13H14IN2O4PS/c1-7-4-5-9(8(2)6-7)21(19,20-3)16-11-10(12(17)18)22-13(14)15-11/h4-6H,1-3H3,(H,16,19)(H,17,18). The smallest absolute Gasteiger partial charge is 0.349 e. The van der Waals surface area contributed by atoms with Gasteiger partial charge in [0.05, 0.1) is 5.30 Å². The second kappa shape index (κ2) is 6.66. The van der Waals surface area contributed by atoms with Gasteiger partial charge in [0, 0.05) is 7.11 Å². The van der Waals surface area contributed by atoms with Gasteiger partial charge in [-0.15, -0.1) is 0 Å². The van der Waals surface area contributed by atoms with Crippen LogP contribution in [0.2, 0.25) is 0 Å². The lowest BCUT2D eigenvalue weighted by Gasteiger charge is -2.19. The van der Waals surface area contributed by atoms with Crippen LogP contribution in [0.1, 0.15) is 20.8 Å². The highest BCUT2D eigenvalue weighted by atomic mass is 127. The summed E-state index contributed by atoms with van der Waals surface area (Å²) in [6.07, 6.45) is 0. The molecule has 6 nitrogen and oxygen atoms in total. The Kier molecular flexibility index (Phi) is 5.26. The van der Waals surface area contributed by atoms with E-state index in [4.69, 9.17) is 4.52 Å². The van der Waals surface area contributed by atoms with Crippen molar-refractivity contribution in [1.82, 2.24) is 4.98 Å². The number of nitrogens with one attached hydrogen (secondary N) is 1. The van der Waals surface area contributed by atoms with Crippen LogP contribution in [0.25, 0.3) is 0 Å². The van der Waals surface area contributed by atoms with E-state index in [1.165, 1.54) is 7.11 Å². The predicted octanol–water partition coefficient (Wildman–Crippen LogP) is 3.64. The van der Waals surface area contributed by atoms with E-state index in [-0.39, 0.29) is 10.7 Å². The van der Waals surface area contributed by atoms with Crippen molar-refractivity contribution in [3.63, 3.8) is 0 Å². The molecule has 0 fully saturated rings. The maximum absolute atomic E-state index is 13.1. The van der Waals surface area contributed by atoms with Gasteiger partial charge in [0.15, 0.2) is 13.7 Å². The summed E-state index contributed by atoms with van der Waals surface area (Å²) >= 11 is 2.93.